The summed E-state index contributed by atoms with van der Waals surface area (Å²) in [6.45, 7) is 10.2. The number of hydrogen-bond acceptors (Lipinski definition) is 8. The maximum Gasteiger partial charge on any atom is 0.163 e. The number of allylic oxidation sites excluding steroid dienone is 10. The molecule has 0 saturated heterocycles. The molecule has 0 saturated carbocycles. The standard InChI is InChI=1S/C44H38N6O4/c1-19-5-9-27(35(53)11-19)30-16-26-17-31-38-22(4)34(52)12-21(3)37(38)43(47-31)50-44-40-28-10-8-24(14-36(28)54)39(40)32(48-44)18-25-15-29(41(45-25)49-42(30)46-26)23-7-6-20(2)33(51)13-23/h5-10,15-21,23-24,27-28H,4,11-14H2,1-3H3,(H,45,46,49)(H,47,48,50). The van der Waals surface area contributed by atoms with Crippen molar-refractivity contribution in [2.45, 2.75) is 58.3 Å². The minimum Gasteiger partial charge on any atom is -0.340 e. The molecule has 6 aliphatic carbocycles. The molecule has 7 unspecified atom stereocenters. The van der Waals surface area contributed by atoms with Crippen LogP contribution in [0.5, 0.6) is 0 Å². The number of nitrogens with zero attached hydrogens (tertiary/aromatic N) is 4. The van der Waals surface area contributed by atoms with Gasteiger partial charge in [-0.3, -0.25) is 19.2 Å². The Bertz CT molecular complexity index is 2650. The first kappa shape index (κ1) is 32.7. The molecule has 268 valence electrons. The molecule has 10 nitrogen and oxygen atoms in total. The molecular weight excluding hydrogens is 677 g/mol. The molecule has 0 radical (unpaired) electrons. The highest BCUT2D eigenvalue weighted by Gasteiger charge is 2.43. The van der Waals surface area contributed by atoms with Crippen LogP contribution in [0.4, 0.5) is 0 Å². The lowest BCUT2D eigenvalue weighted by atomic mass is 9.70. The van der Waals surface area contributed by atoms with Crippen molar-refractivity contribution in [1.29, 1.82) is 0 Å². The van der Waals surface area contributed by atoms with Crippen molar-refractivity contribution in [2.24, 2.45) is 29.6 Å². The molecule has 0 aromatic carbocycles. The van der Waals surface area contributed by atoms with Gasteiger partial charge in [0.05, 0.1) is 28.7 Å². The number of Topliss-reactive ketones (excluding diaryl/α,β-unsaturated/α-hetero) is 4. The monoisotopic (exact) mass is 714 g/mol. The van der Waals surface area contributed by atoms with E-state index in [0.717, 1.165) is 27.8 Å². The van der Waals surface area contributed by atoms with E-state index in [0.29, 0.717) is 82.2 Å². The fourth-order valence-electron chi connectivity index (χ4n) is 9.34. The van der Waals surface area contributed by atoms with Crippen molar-refractivity contribution in [2.75, 3.05) is 0 Å². The summed E-state index contributed by atoms with van der Waals surface area (Å²) in [6, 6.07) is 5.87. The molecule has 3 aromatic rings. The van der Waals surface area contributed by atoms with E-state index in [1.807, 2.05) is 63.3 Å². The van der Waals surface area contributed by atoms with Gasteiger partial charge in [-0.05, 0) is 41.7 Å². The summed E-state index contributed by atoms with van der Waals surface area (Å²) >= 11 is 0. The summed E-state index contributed by atoms with van der Waals surface area (Å²) in [5, 5.41) is 0. The van der Waals surface area contributed by atoms with Gasteiger partial charge in [0, 0.05) is 82.4 Å². The van der Waals surface area contributed by atoms with E-state index >= 15 is 0 Å². The Balaban J connectivity index is 1.31. The number of ketones is 4. The molecule has 10 heteroatoms. The third-order valence-electron chi connectivity index (χ3n) is 12.1. The first-order valence-corrected chi connectivity index (χ1v) is 18.9. The van der Waals surface area contributed by atoms with Crippen molar-refractivity contribution in [3.63, 3.8) is 0 Å². The van der Waals surface area contributed by atoms with Crippen LogP contribution in [0.25, 0.3) is 50.7 Å². The lowest BCUT2D eigenvalue weighted by molar-refractivity contribution is -0.122. The quantitative estimate of drug-likeness (QED) is 0.205. The molecule has 3 aromatic heterocycles. The molecule has 8 aliphatic rings. The lowest BCUT2D eigenvalue weighted by Gasteiger charge is -2.31. The maximum absolute atomic E-state index is 13.6. The number of aromatic amines is 2. The predicted molar refractivity (Wildman–Crippen MR) is 206 cm³/mol. The SMILES string of the molecule is C=C1C(=O)CC(C)c2c1c1cc3nc(nc4[nH]c(cc5nc(nc2[nH]1)C1=C5C2C=CC1C(=O)C2)cc4C1C=CC(C)C(=O)C1)C(C1C=CC(C)CC1=O)=C3. The van der Waals surface area contributed by atoms with Crippen LogP contribution in [0.2, 0.25) is 0 Å². The maximum atomic E-state index is 13.6. The number of aromatic nitrogens is 6. The summed E-state index contributed by atoms with van der Waals surface area (Å²) < 4.78 is 0. The molecule has 0 fully saturated rings. The van der Waals surface area contributed by atoms with E-state index in [-0.39, 0.29) is 52.7 Å². The average Bonchev–Trinajstić information content (AvgIpc) is 3.90. The van der Waals surface area contributed by atoms with Gasteiger partial charge in [-0.15, -0.1) is 0 Å². The normalized spacial score (nSPS) is 28.5. The zero-order chi connectivity index (χ0) is 37.2. The Labute approximate surface area is 311 Å². The highest BCUT2D eigenvalue weighted by Crippen LogP contribution is 2.50. The van der Waals surface area contributed by atoms with Crippen LogP contribution in [0, 0.1) is 29.6 Å². The van der Waals surface area contributed by atoms with Gasteiger partial charge in [0.1, 0.15) is 28.6 Å². The summed E-state index contributed by atoms with van der Waals surface area (Å²) in [7, 11) is 0. The van der Waals surface area contributed by atoms with Gasteiger partial charge in [0.25, 0.3) is 0 Å². The van der Waals surface area contributed by atoms with E-state index in [2.05, 4.69) is 34.8 Å². The molecule has 7 atom stereocenters. The second kappa shape index (κ2) is 11.8. The van der Waals surface area contributed by atoms with Gasteiger partial charge >= 0.3 is 0 Å². The number of nitrogens with one attached hydrogen (secondary N) is 2. The zero-order valence-corrected chi connectivity index (χ0v) is 30.3. The fourth-order valence-corrected chi connectivity index (χ4v) is 9.34. The van der Waals surface area contributed by atoms with Gasteiger partial charge < -0.3 is 9.97 Å². The van der Waals surface area contributed by atoms with Crippen molar-refractivity contribution >= 4 is 73.8 Å². The Morgan fingerprint density at radius 2 is 1.44 bits per heavy atom. The van der Waals surface area contributed by atoms with Crippen molar-refractivity contribution in [3.05, 3.63) is 101 Å². The van der Waals surface area contributed by atoms with Crippen LogP contribution >= 0.6 is 0 Å². The van der Waals surface area contributed by atoms with Gasteiger partial charge in [-0.1, -0.05) is 63.8 Å². The number of carbonyl (C=O) groups excluding carboxylic acids is 4. The first-order chi connectivity index (χ1) is 26.0. The van der Waals surface area contributed by atoms with Crippen LogP contribution in [0.3, 0.4) is 0 Å². The molecule has 5 heterocycles. The fraction of sp³-hybridized carbons (Fsp3) is 0.318. The average molecular weight is 715 g/mol. The van der Waals surface area contributed by atoms with E-state index in [4.69, 9.17) is 19.9 Å². The number of H-pyrrole nitrogens is 2. The summed E-state index contributed by atoms with van der Waals surface area (Å²) in [4.78, 5) is 80.7. The summed E-state index contributed by atoms with van der Waals surface area (Å²) in [5.41, 5.74) is 9.06. The lowest BCUT2D eigenvalue weighted by Crippen LogP contribution is -2.28. The third kappa shape index (κ3) is 4.99. The van der Waals surface area contributed by atoms with Crippen LogP contribution in [0.15, 0.2) is 61.2 Å². The van der Waals surface area contributed by atoms with Gasteiger partial charge in [-0.25, -0.2) is 19.9 Å². The third-order valence-corrected chi connectivity index (χ3v) is 12.1. The molecule has 54 heavy (non-hydrogen) atoms. The first-order valence-electron chi connectivity index (χ1n) is 18.9. The largest absolute Gasteiger partial charge is 0.340 e. The van der Waals surface area contributed by atoms with Crippen LogP contribution in [-0.2, 0) is 19.2 Å². The topological polar surface area (TPSA) is 151 Å². The molecule has 0 amide bonds. The van der Waals surface area contributed by atoms with Crippen LogP contribution in [-0.4, -0.2) is 53.0 Å². The predicted octanol–water partition coefficient (Wildman–Crippen LogP) is 7.45. The highest BCUT2D eigenvalue weighted by molar-refractivity contribution is 6.24. The highest BCUT2D eigenvalue weighted by atomic mass is 16.1. The Morgan fingerprint density at radius 3 is 2.24 bits per heavy atom. The van der Waals surface area contributed by atoms with Gasteiger partial charge in [0.2, 0.25) is 0 Å². The zero-order valence-electron chi connectivity index (χ0n) is 30.3. The van der Waals surface area contributed by atoms with Crippen LogP contribution < -0.4 is 0 Å². The van der Waals surface area contributed by atoms with Crippen molar-refractivity contribution < 1.29 is 19.2 Å². The number of hydrogen-bond donors (Lipinski definition) is 2. The Kier molecular flexibility index (Phi) is 7.15. The second-order valence-electron chi connectivity index (χ2n) is 15.9. The Hall–Kier alpha value is -5.90. The van der Waals surface area contributed by atoms with Crippen molar-refractivity contribution in [3.8, 4) is 0 Å². The van der Waals surface area contributed by atoms with E-state index in [1.54, 1.807) is 0 Å². The second-order valence-corrected chi connectivity index (χ2v) is 15.9. The number of fused-ring (bicyclic) bond motifs is 12. The summed E-state index contributed by atoms with van der Waals surface area (Å²) in [6.07, 6.45) is 15.5. The van der Waals surface area contributed by atoms with E-state index < -0.39 is 11.8 Å². The minimum absolute atomic E-state index is 0.0341. The molecule has 11 rings (SSSR count). The van der Waals surface area contributed by atoms with Gasteiger partial charge in [-0.2, -0.15) is 0 Å². The molecule has 0 spiro atoms. The van der Waals surface area contributed by atoms with E-state index in [1.165, 1.54) is 0 Å². The molecular formula is C44H38N6O4. The minimum atomic E-state index is -0.526. The summed E-state index contributed by atoms with van der Waals surface area (Å²) in [5.74, 6) is -0.238. The molecule has 2 aliphatic heterocycles. The number of rotatable bonds is 2. The van der Waals surface area contributed by atoms with Gasteiger partial charge in [0.15, 0.2) is 17.4 Å². The van der Waals surface area contributed by atoms with Crippen molar-refractivity contribution in [1.82, 2.24) is 29.9 Å². The smallest absolute Gasteiger partial charge is 0.163 e. The molecule has 2 N–H and O–H groups in total. The Morgan fingerprint density at radius 1 is 0.685 bits per heavy atom. The number of carbonyl (C=O) groups is 4. The van der Waals surface area contributed by atoms with E-state index in [9.17, 15) is 19.2 Å². The molecule has 10 bridgehead atoms. The van der Waals surface area contributed by atoms with Crippen LogP contribution in [0.1, 0.15) is 98.0 Å².